The van der Waals surface area contributed by atoms with Gasteiger partial charge in [-0.3, -0.25) is 0 Å². The molecule has 1 N–H and O–H groups in total. The molecule has 0 amide bonds. The lowest BCUT2D eigenvalue weighted by molar-refractivity contribution is 0.176. The highest BCUT2D eigenvalue weighted by Gasteiger charge is 2.20. The number of rotatable bonds is 3. The van der Waals surface area contributed by atoms with Gasteiger partial charge in [0.15, 0.2) is 0 Å². The van der Waals surface area contributed by atoms with E-state index in [1.165, 1.54) is 83.8 Å². The molecule has 1 saturated carbocycles. The highest BCUT2D eigenvalue weighted by atomic mass is 15.1. The van der Waals surface area contributed by atoms with Crippen LogP contribution in [-0.2, 0) is 0 Å². The van der Waals surface area contributed by atoms with Gasteiger partial charge in [-0.2, -0.15) is 0 Å². The van der Waals surface area contributed by atoms with Gasteiger partial charge >= 0.3 is 0 Å². The largest absolute Gasteiger partial charge is 0.317 e. The van der Waals surface area contributed by atoms with Gasteiger partial charge in [0.05, 0.1) is 0 Å². The van der Waals surface area contributed by atoms with Crippen molar-refractivity contribution in [2.24, 2.45) is 5.92 Å². The molecule has 1 heterocycles. The van der Waals surface area contributed by atoms with E-state index in [0.717, 1.165) is 12.0 Å². The SMILES string of the molecule is CN(CC1CCCCCCC1)C1CCCNCC1. The maximum Gasteiger partial charge on any atom is 0.0105 e. The van der Waals surface area contributed by atoms with Crippen LogP contribution < -0.4 is 5.32 Å². The summed E-state index contributed by atoms with van der Waals surface area (Å²) in [6, 6.07) is 0.838. The molecule has 2 aliphatic rings. The number of nitrogens with zero attached hydrogens (tertiary/aromatic N) is 1. The van der Waals surface area contributed by atoms with E-state index < -0.39 is 0 Å². The summed E-state index contributed by atoms with van der Waals surface area (Å²) < 4.78 is 0. The quantitative estimate of drug-likeness (QED) is 0.828. The summed E-state index contributed by atoms with van der Waals surface area (Å²) in [5, 5.41) is 3.53. The molecular weight excluding hydrogens is 220 g/mol. The second-order valence-electron chi connectivity index (χ2n) is 6.49. The maximum absolute atomic E-state index is 3.53. The Labute approximate surface area is 114 Å². The van der Waals surface area contributed by atoms with Gasteiger partial charge in [0.1, 0.15) is 0 Å². The number of nitrogens with one attached hydrogen (secondary N) is 1. The lowest BCUT2D eigenvalue weighted by atomic mass is 9.90. The fourth-order valence-electron chi connectivity index (χ4n) is 3.72. The lowest BCUT2D eigenvalue weighted by Gasteiger charge is -2.31. The van der Waals surface area contributed by atoms with Gasteiger partial charge in [-0.25, -0.2) is 0 Å². The summed E-state index contributed by atoms with van der Waals surface area (Å²) >= 11 is 0. The van der Waals surface area contributed by atoms with Gasteiger partial charge in [0.2, 0.25) is 0 Å². The van der Waals surface area contributed by atoms with Crippen LogP contribution in [0, 0.1) is 5.92 Å². The Hall–Kier alpha value is -0.0800. The summed E-state index contributed by atoms with van der Waals surface area (Å²) in [6.45, 7) is 3.80. The van der Waals surface area contributed by atoms with E-state index in [-0.39, 0.29) is 0 Å². The van der Waals surface area contributed by atoms with Crippen LogP contribution in [0.5, 0.6) is 0 Å². The Balaban J connectivity index is 1.75. The van der Waals surface area contributed by atoms with Crippen molar-refractivity contribution in [1.82, 2.24) is 10.2 Å². The smallest absolute Gasteiger partial charge is 0.0105 e. The summed E-state index contributed by atoms with van der Waals surface area (Å²) in [5.41, 5.74) is 0. The first kappa shape index (κ1) is 14.3. The Kier molecular flexibility index (Phi) is 6.50. The monoisotopic (exact) mass is 252 g/mol. The molecule has 0 bridgehead atoms. The fourth-order valence-corrected chi connectivity index (χ4v) is 3.72. The summed E-state index contributed by atoms with van der Waals surface area (Å²) in [6.07, 6.45) is 14.5. The topological polar surface area (TPSA) is 15.3 Å². The van der Waals surface area contributed by atoms with Crippen LogP contribution in [0.2, 0.25) is 0 Å². The third kappa shape index (κ3) is 4.89. The molecule has 106 valence electrons. The van der Waals surface area contributed by atoms with Gasteiger partial charge in [0, 0.05) is 12.6 Å². The molecule has 0 aromatic carbocycles. The molecule has 1 unspecified atom stereocenters. The van der Waals surface area contributed by atoms with Gasteiger partial charge < -0.3 is 10.2 Å². The molecule has 2 nitrogen and oxygen atoms in total. The van der Waals surface area contributed by atoms with Crippen LogP contribution in [0.25, 0.3) is 0 Å². The molecule has 0 aromatic rings. The molecule has 0 aromatic heterocycles. The van der Waals surface area contributed by atoms with Crippen molar-refractivity contribution in [3.8, 4) is 0 Å². The van der Waals surface area contributed by atoms with E-state index in [4.69, 9.17) is 0 Å². The Bertz CT molecular complexity index is 201. The molecule has 1 saturated heterocycles. The molecule has 2 heteroatoms. The first-order valence-corrected chi connectivity index (χ1v) is 8.27. The predicted molar refractivity (Wildman–Crippen MR) is 78.9 cm³/mol. The van der Waals surface area contributed by atoms with Crippen LogP contribution in [0.4, 0.5) is 0 Å². The Morgan fingerprint density at radius 1 is 0.833 bits per heavy atom. The molecular formula is C16H32N2. The zero-order valence-electron chi connectivity index (χ0n) is 12.3. The molecule has 18 heavy (non-hydrogen) atoms. The molecule has 1 aliphatic carbocycles. The van der Waals surface area contributed by atoms with E-state index in [0.29, 0.717) is 0 Å². The second-order valence-corrected chi connectivity index (χ2v) is 6.49. The predicted octanol–water partition coefficient (Wildman–Crippen LogP) is 3.42. The lowest BCUT2D eigenvalue weighted by Crippen LogP contribution is -2.36. The van der Waals surface area contributed by atoms with Crippen LogP contribution in [-0.4, -0.2) is 37.6 Å². The normalized spacial score (nSPS) is 28.7. The minimum Gasteiger partial charge on any atom is -0.317 e. The summed E-state index contributed by atoms with van der Waals surface area (Å²) in [5.74, 6) is 0.978. The van der Waals surface area contributed by atoms with Crippen molar-refractivity contribution in [2.75, 3.05) is 26.7 Å². The van der Waals surface area contributed by atoms with E-state index in [1.54, 1.807) is 0 Å². The van der Waals surface area contributed by atoms with Crippen LogP contribution in [0.15, 0.2) is 0 Å². The third-order valence-electron chi connectivity index (χ3n) is 4.94. The third-order valence-corrected chi connectivity index (χ3v) is 4.94. The molecule has 2 fully saturated rings. The van der Waals surface area contributed by atoms with E-state index in [1.807, 2.05) is 0 Å². The minimum absolute atomic E-state index is 0.838. The number of hydrogen-bond acceptors (Lipinski definition) is 2. The van der Waals surface area contributed by atoms with Crippen molar-refractivity contribution in [1.29, 1.82) is 0 Å². The molecule has 1 aliphatic heterocycles. The molecule has 0 radical (unpaired) electrons. The van der Waals surface area contributed by atoms with E-state index in [9.17, 15) is 0 Å². The fraction of sp³-hybridized carbons (Fsp3) is 1.00. The summed E-state index contributed by atoms with van der Waals surface area (Å²) in [7, 11) is 2.37. The minimum atomic E-state index is 0.838. The van der Waals surface area contributed by atoms with Gasteiger partial charge in [-0.1, -0.05) is 32.1 Å². The Morgan fingerprint density at radius 2 is 1.56 bits per heavy atom. The van der Waals surface area contributed by atoms with E-state index >= 15 is 0 Å². The average Bonchev–Trinajstić information content (AvgIpc) is 2.61. The van der Waals surface area contributed by atoms with Crippen LogP contribution in [0.1, 0.15) is 64.2 Å². The van der Waals surface area contributed by atoms with Crippen LogP contribution >= 0.6 is 0 Å². The molecule has 0 spiro atoms. The standard InChI is InChI=1S/C16H32N2/c1-18(16-10-7-12-17-13-11-16)14-15-8-5-3-2-4-6-9-15/h15-17H,2-14H2,1H3. The highest BCUT2D eigenvalue weighted by Crippen LogP contribution is 2.24. The van der Waals surface area contributed by atoms with Crippen LogP contribution in [0.3, 0.4) is 0 Å². The first-order chi connectivity index (χ1) is 8.86. The van der Waals surface area contributed by atoms with Crippen molar-refractivity contribution >= 4 is 0 Å². The van der Waals surface area contributed by atoms with Gasteiger partial charge in [-0.15, -0.1) is 0 Å². The maximum atomic E-state index is 3.53. The molecule has 2 rings (SSSR count). The molecule has 1 atom stereocenters. The van der Waals surface area contributed by atoms with Gasteiger partial charge in [-0.05, 0) is 58.2 Å². The van der Waals surface area contributed by atoms with Crippen molar-refractivity contribution in [3.05, 3.63) is 0 Å². The van der Waals surface area contributed by atoms with Crippen molar-refractivity contribution in [3.63, 3.8) is 0 Å². The Morgan fingerprint density at radius 3 is 2.33 bits per heavy atom. The first-order valence-electron chi connectivity index (χ1n) is 8.27. The van der Waals surface area contributed by atoms with Crippen molar-refractivity contribution in [2.45, 2.75) is 70.3 Å². The summed E-state index contributed by atoms with van der Waals surface area (Å²) in [4.78, 5) is 2.68. The average molecular weight is 252 g/mol. The highest BCUT2D eigenvalue weighted by molar-refractivity contribution is 4.76. The zero-order valence-corrected chi connectivity index (χ0v) is 12.3. The zero-order chi connectivity index (χ0) is 12.6. The second kappa shape index (κ2) is 8.16. The van der Waals surface area contributed by atoms with E-state index in [2.05, 4.69) is 17.3 Å². The van der Waals surface area contributed by atoms with Gasteiger partial charge in [0.25, 0.3) is 0 Å². The van der Waals surface area contributed by atoms with Crippen molar-refractivity contribution < 1.29 is 0 Å². The number of hydrogen-bond donors (Lipinski definition) is 1.